The number of ether oxygens (including phenoxy) is 1. The number of pyridine rings is 1. The number of carboxylic acid groups (broad SMARTS) is 1. The minimum Gasteiger partial charge on any atom is -0.476 e. The number of nitrogens with zero attached hydrogens (tertiary/aromatic N) is 6. The summed E-state index contributed by atoms with van der Waals surface area (Å²) in [6.45, 7) is 2.17. The summed E-state index contributed by atoms with van der Waals surface area (Å²) in [5.41, 5.74) is 2.82. The van der Waals surface area contributed by atoms with Crippen LogP contribution < -0.4 is 4.74 Å². The van der Waals surface area contributed by atoms with E-state index in [4.69, 9.17) is 14.8 Å². The maximum absolute atomic E-state index is 11.2. The Balaban J connectivity index is 1.60. The van der Waals surface area contributed by atoms with Gasteiger partial charge in [-0.15, -0.1) is 11.3 Å². The summed E-state index contributed by atoms with van der Waals surface area (Å²) in [6.07, 6.45) is 3.23. The van der Waals surface area contributed by atoms with Gasteiger partial charge in [-0.05, 0) is 25.1 Å². The lowest BCUT2D eigenvalue weighted by Gasteiger charge is -2.04. The van der Waals surface area contributed by atoms with E-state index in [-0.39, 0.29) is 12.3 Å². The molecule has 4 heterocycles. The van der Waals surface area contributed by atoms with Crippen LogP contribution >= 0.6 is 11.3 Å². The molecule has 0 fully saturated rings. The van der Waals surface area contributed by atoms with Gasteiger partial charge in [-0.25, -0.2) is 24.7 Å². The zero-order chi connectivity index (χ0) is 20.4. The van der Waals surface area contributed by atoms with Crippen molar-refractivity contribution < 1.29 is 14.6 Å². The number of carbonyl (C=O) groups is 1. The molecule has 0 bridgehead atoms. The lowest BCUT2D eigenvalue weighted by Crippen LogP contribution is -1.99. The van der Waals surface area contributed by atoms with Crippen molar-refractivity contribution in [2.75, 3.05) is 0 Å². The van der Waals surface area contributed by atoms with E-state index in [0.29, 0.717) is 17.4 Å². The molecular weight excluding hydrogens is 392 g/mol. The summed E-state index contributed by atoms with van der Waals surface area (Å²) < 4.78 is 7.08. The molecule has 0 aliphatic heterocycles. The van der Waals surface area contributed by atoms with Crippen molar-refractivity contribution in [3.05, 3.63) is 59.1 Å². The smallest absolute Gasteiger partial charge is 0.356 e. The minimum absolute atomic E-state index is 0.0220. The standard InChI is InChI=1S/C19H16N6O3S/c1-11-17(29-16(22-11)10-28-19-20-7-4-8-21-19)13-6-3-5-12(23-13)15-9-14(18(26)27)24-25(15)2/h3-9H,10H2,1-2H3,(H,26,27). The Bertz CT molecular complexity index is 1170. The molecule has 4 rings (SSSR count). The van der Waals surface area contributed by atoms with Gasteiger partial charge in [0.1, 0.15) is 11.6 Å². The van der Waals surface area contributed by atoms with Crippen molar-refractivity contribution >= 4 is 17.3 Å². The molecule has 0 radical (unpaired) electrons. The summed E-state index contributed by atoms with van der Waals surface area (Å²) in [5.74, 6) is -1.08. The van der Waals surface area contributed by atoms with Gasteiger partial charge < -0.3 is 9.84 Å². The van der Waals surface area contributed by atoms with Crippen LogP contribution in [0.2, 0.25) is 0 Å². The first kappa shape index (κ1) is 18.7. The number of carboxylic acids is 1. The second kappa shape index (κ2) is 7.76. The average molecular weight is 408 g/mol. The molecule has 0 aliphatic rings. The van der Waals surface area contributed by atoms with Crippen LogP contribution in [0.3, 0.4) is 0 Å². The van der Waals surface area contributed by atoms with Crippen LogP contribution in [0.1, 0.15) is 21.2 Å². The third kappa shape index (κ3) is 3.97. The number of hydrogen-bond donors (Lipinski definition) is 1. The Labute approximate surface area is 169 Å². The molecule has 4 aromatic rings. The van der Waals surface area contributed by atoms with E-state index in [0.717, 1.165) is 21.3 Å². The van der Waals surface area contributed by atoms with Crippen LogP contribution in [0.4, 0.5) is 0 Å². The molecule has 0 saturated carbocycles. The predicted molar refractivity (Wildman–Crippen MR) is 106 cm³/mol. The average Bonchev–Trinajstić information content (AvgIpc) is 3.30. The summed E-state index contributed by atoms with van der Waals surface area (Å²) in [4.78, 5) is 29.4. The highest BCUT2D eigenvalue weighted by Crippen LogP contribution is 2.30. The van der Waals surface area contributed by atoms with E-state index in [2.05, 4.69) is 20.1 Å². The Morgan fingerprint density at radius 1 is 1.17 bits per heavy atom. The molecule has 0 amide bonds. The number of aromatic carboxylic acids is 1. The van der Waals surface area contributed by atoms with Crippen LogP contribution in [0.5, 0.6) is 6.01 Å². The van der Waals surface area contributed by atoms with E-state index >= 15 is 0 Å². The number of thiazole rings is 1. The number of hydrogen-bond acceptors (Lipinski definition) is 8. The molecule has 1 N–H and O–H groups in total. The third-order valence-corrected chi connectivity index (χ3v) is 5.20. The maximum Gasteiger partial charge on any atom is 0.356 e. The van der Waals surface area contributed by atoms with Crippen molar-refractivity contribution in [3.63, 3.8) is 0 Å². The Kier molecular flexibility index (Phi) is 5.00. The van der Waals surface area contributed by atoms with Crippen molar-refractivity contribution in [2.45, 2.75) is 13.5 Å². The van der Waals surface area contributed by atoms with Gasteiger partial charge in [-0.1, -0.05) is 6.07 Å². The zero-order valence-corrected chi connectivity index (χ0v) is 16.4. The van der Waals surface area contributed by atoms with E-state index < -0.39 is 5.97 Å². The van der Waals surface area contributed by atoms with Gasteiger partial charge in [-0.3, -0.25) is 4.68 Å². The second-order valence-electron chi connectivity index (χ2n) is 6.09. The summed E-state index contributed by atoms with van der Waals surface area (Å²) >= 11 is 1.48. The Morgan fingerprint density at radius 2 is 1.93 bits per heavy atom. The van der Waals surface area contributed by atoms with Gasteiger partial charge in [0.2, 0.25) is 0 Å². The fourth-order valence-electron chi connectivity index (χ4n) is 2.75. The normalized spacial score (nSPS) is 10.8. The first-order valence-electron chi connectivity index (χ1n) is 8.62. The highest BCUT2D eigenvalue weighted by atomic mass is 32.1. The van der Waals surface area contributed by atoms with Gasteiger partial charge in [0.15, 0.2) is 5.69 Å². The predicted octanol–water partition coefficient (Wildman–Crippen LogP) is 2.98. The summed E-state index contributed by atoms with van der Waals surface area (Å²) in [7, 11) is 1.69. The summed E-state index contributed by atoms with van der Waals surface area (Å²) in [6, 6.07) is 9.11. The van der Waals surface area contributed by atoms with Crippen LogP contribution in [0, 0.1) is 6.92 Å². The molecule has 0 aromatic carbocycles. The van der Waals surface area contributed by atoms with Gasteiger partial charge in [0, 0.05) is 25.5 Å². The topological polar surface area (TPSA) is 116 Å². The molecule has 0 atom stereocenters. The maximum atomic E-state index is 11.2. The van der Waals surface area contributed by atoms with E-state index in [9.17, 15) is 4.79 Å². The molecule has 29 heavy (non-hydrogen) atoms. The van der Waals surface area contributed by atoms with Crippen LogP contribution in [0.25, 0.3) is 22.0 Å². The SMILES string of the molecule is Cc1nc(COc2ncccn2)sc1-c1cccc(-c2cc(C(=O)O)nn2C)n1. The number of aromatic nitrogens is 6. The molecule has 9 nitrogen and oxygen atoms in total. The second-order valence-corrected chi connectivity index (χ2v) is 7.18. The van der Waals surface area contributed by atoms with E-state index in [1.807, 2.05) is 25.1 Å². The quantitative estimate of drug-likeness (QED) is 0.518. The molecular formula is C19H16N6O3S. The van der Waals surface area contributed by atoms with Crippen LogP contribution in [-0.4, -0.2) is 40.8 Å². The molecule has 4 aromatic heterocycles. The first-order chi connectivity index (χ1) is 14.0. The lowest BCUT2D eigenvalue weighted by molar-refractivity contribution is 0.0689. The van der Waals surface area contributed by atoms with Crippen molar-refractivity contribution in [1.82, 2.24) is 29.7 Å². The van der Waals surface area contributed by atoms with Gasteiger partial charge >= 0.3 is 12.0 Å². The molecule has 146 valence electrons. The van der Waals surface area contributed by atoms with Crippen LogP contribution in [0.15, 0.2) is 42.7 Å². The fraction of sp³-hybridized carbons (Fsp3) is 0.158. The third-order valence-electron chi connectivity index (χ3n) is 4.05. The molecule has 0 spiro atoms. The fourth-order valence-corrected chi connectivity index (χ4v) is 3.70. The van der Waals surface area contributed by atoms with Crippen molar-refractivity contribution in [3.8, 4) is 28.0 Å². The van der Waals surface area contributed by atoms with Crippen LogP contribution in [-0.2, 0) is 13.7 Å². The molecule has 0 saturated heterocycles. The highest BCUT2D eigenvalue weighted by molar-refractivity contribution is 7.15. The Morgan fingerprint density at radius 3 is 2.66 bits per heavy atom. The van der Waals surface area contributed by atoms with Gasteiger partial charge in [-0.2, -0.15) is 5.10 Å². The minimum atomic E-state index is -1.08. The molecule has 10 heteroatoms. The largest absolute Gasteiger partial charge is 0.476 e. The monoisotopic (exact) mass is 408 g/mol. The van der Waals surface area contributed by atoms with Crippen molar-refractivity contribution in [2.24, 2.45) is 7.05 Å². The van der Waals surface area contributed by atoms with E-state index in [1.165, 1.54) is 22.1 Å². The van der Waals surface area contributed by atoms with E-state index in [1.54, 1.807) is 25.5 Å². The number of aryl methyl sites for hydroxylation is 2. The first-order valence-corrected chi connectivity index (χ1v) is 9.44. The zero-order valence-electron chi connectivity index (χ0n) is 15.6. The van der Waals surface area contributed by atoms with Gasteiger partial charge in [0.25, 0.3) is 0 Å². The number of rotatable bonds is 6. The molecule has 0 unspecified atom stereocenters. The van der Waals surface area contributed by atoms with Crippen molar-refractivity contribution in [1.29, 1.82) is 0 Å². The summed E-state index contributed by atoms with van der Waals surface area (Å²) in [5, 5.41) is 13.9. The highest BCUT2D eigenvalue weighted by Gasteiger charge is 2.16. The Hall–Kier alpha value is -3.66. The van der Waals surface area contributed by atoms with Gasteiger partial charge in [0.05, 0.1) is 27.7 Å². The molecule has 0 aliphatic carbocycles. The lowest BCUT2D eigenvalue weighted by atomic mass is 10.2.